The quantitative estimate of drug-likeness (QED) is 0.854. The summed E-state index contributed by atoms with van der Waals surface area (Å²) in [5.74, 6) is 1.46. The van der Waals surface area contributed by atoms with Crippen molar-refractivity contribution in [3.63, 3.8) is 0 Å². The van der Waals surface area contributed by atoms with Crippen LogP contribution in [0.15, 0.2) is 0 Å². The highest BCUT2D eigenvalue weighted by Crippen LogP contribution is 2.34. The molecule has 1 saturated heterocycles. The second kappa shape index (κ2) is 4.59. The van der Waals surface area contributed by atoms with Crippen LogP contribution in [0.2, 0.25) is 0 Å². The van der Waals surface area contributed by atoms with Gasteiger partial charge in [-0.1, -0.05) is 20.8 Å². The summed E-state index contributed by atoms with van der Waals surface area (Å²) in [6.07, 6.45) is 1.15. The molecule has 0 saturated carbocycles. The lowest BCUT2D eigenvalue weighted by Gasteiger charge is -2.26. The lowest BCUT2D eigenvalue weighted by Crippen LogP contribution is -2.27. The lowest BCUT2D eigenvalue weighted by molar-refractivity contribution is 0.263. The van der Waals surface area contributed by atoms with Gasteiger partial charge in [0.25, 0.3) is 0 Å². The van der Waals surface area contributed by atoms with Crippen molar-refractivity contribution in [1.82, 2.24) is 15.0 Å². The van der Waals surface area contributed by atoms with Crippen LogP contribution in [0.4, 0.5) is 11.9 Å². The number of nitrogen functional groups attached to an aromatic ring is 1. The van der Waals surface area contributed by atoms with Gasteiger partial charge in [-0.15, -0.1) is 0 Å². The van der Waals surface area contributed by atoms with Gasteiger partial charge in [-0.3, -0.25) is 0 Å². The van der Waals surface area contributed by atoms with Crippen molar-refractivity contribution in [2.45, 2.75) is 27.2 Å². The number of nitrogens with two attached hydrogens (primary N) is 1. The van der Waals surface area contributed by atoms with Gasteiger partial charge in [0, 0.05) is 13.1 Å². The molecule has 18 heavy (non-hydrogen) atoms. The van der Waals surface area contributed by atoms with Crippen LogP contribution < -0.4 is 15.4 Å². The number of nitrogens with zero attached hydrogens (tertiary/aromatic N) is 4. The number of methoxy groups -OCH3 is 1. The van der Waals surface area contributed by atoms with E-state index in [1.807, 2.05) is 0 Å². The molecule has 2 rings (SSSR count). The van der Waals surface area contributed by atoms with Crippen LogP contribution in [0.3, 0.4) is 0 Å². The largest absolute Gasteiger partial charge is 0.467 e. The maximum atomic E-state index is 5.65. The number of rotatable bonds is 2. The minimum absolute atomic E-state index is 0.205. The summed E-state index contributed by atoms with van der Waals surface area (Å²) >= 11 is 0. The molecule has 0 aromatic carbocycles. The molecule has 2 N–H and O–H groups in total. The van der Waals surface area contributed by atoms with Gasteiger partial charge in [0.1, 0.15) is 0 Å². The fourth-order valence-electron chi connectivity index (χ4n) is 2.24. The van der Waals surface area contributed by atoms with E-state index in [4.69, 9.17) is 10.5 Å². The minimum Gasteiger partial charge on any atom is -0.467 e. The van der Waals surface area contributed by atoms with Crippen molar-refractivity contribution in [2.75, 3.05) is 30.8 Å². The summed E-state index contributed by atoms with van der Waals surface area (Å²) in [6.45, 7) is 8.71. The molecular weight excluding hydrogens is 230 g/mol. The zero-order chi connectivity index (χ0) is 13.3. The summed E-state index contributed by atoms with van der Waals surface area (Å²) in [5.41, 5.74) is 5.96. The van der Waals surface area contributed by atoms with Crippen LogP contribution in [0.5, 0.6) is 6.01 Å². The van der Waals surface area contributed by atoms with Crippen LogP contribution in [0, 0.1) is 11.3 Å². The van der Waals surface area contributed by atoms with E-state index in [1.165, 1.54) is 7.11 Å². The first kappa shape index (κ1) is 12.9. The van der Waals surface area contributed by atoms with Crippen molar-refractivity contribution < 1.29 is 4.74 Å². The normalized spacial score (nSPS) is 20.2. The van der Waals surface area contributed by atoms with Crippen LogP contribution in [0.25, 0.3) is 0 Å². The number of hydrogen-bond acceptors (Lipinski definition) is 6. The van der Waals surface area contributed by atoms with Crippen molar-refractivity contribution in [2.24, 2.45) is 11.3 Å². The first-order chi connectivity index (χ1) is 8.40. The Morgan fingerprint density at radius 3 is 2.56 bits per heavy atom. The van der Waals surface area contributed by atoms with Gasteiger partial charge in [-0.2, -0.15) is 15.0 Å². The summed E-state index contributed by atoms with van der Waals surface area (Å²) in [5, 5.41) is 0. The van der Waals surface area contributed by atoms with E-state index in [-0.39, 0.29) is 12.0 Å². The number of hydrogen-bond donors (Lipinski definition) is 1. The predicted molar refractivity (Wildman–Crippen MR) is 70.6 cm³/mol. The predicted octanol–water partition coefficient (Wildman–Crippen LogP) is 1.33. The third-order valence-corrected chi connectivity index (χ3v) is 3.50. The zero-order valence-corrected chi connectivity index (χ0v) is 11.5. The van der Waals surface area contributed by atoms with Crippen LogP contribution in [-0.4, -0.2) is 35.2 Å². The van der Waals surface area contributed by atoms with Gasteiger partial charge in [0.15, 0.2) is 0 Å². The molecule has 1 aliphatic rings. The van der Waals surface area contributed by atoms with Gasteiger partial charge >= 0.3 is 6.01 Å². The molecule has 100 valence electrons. The maximum absolute atomic E-state index is 5.65. The Bertz CT molecular complexity index is 429. The highest BCUT2D eigenvalue weighted by Gasteiger charge is 2.33. The molecule has 1 fully saturated rings. The molecule has 1 unspecified atom stereocenters. The first-order valence-electron chi connectivity index (χ1n) is 6.20. The Hall–Kier alpha value is -1.59. The number of ether oxygens (including phenoxy) is 1. The second-order valence-corrected chi connectivity index (χ2v) is 5.78. The highest BCUT2D eigenvalue weighted by atomic mass is 16.5. The smallest absolute Gasteiger partial charge is 0.322 e. The highest BCUT2D eigenvalue weighted by molar-refractivity contribution is 5.37. The molecule has 0 spiro atoms. The van der Waals surface area contributed by atoms with E-state index >= 15 is 0 Å². The van der Waals surface area contributed by atoms with Gasteiger partial charge in [0.2, 0.25) is 11.9 Å². The second-order valence-electron chi connectivity index (χ2n) is 5.78. The first-order valence-corrected chi connectivity index (χ1v) is 6.20. The fraction of sp³-hybridized carbons (Fsp3) is 0.750. The average Bonchev–Trinajstić information content (AvgIpc) is 2.77. The molecule has 1 aromatic heterocycles. The van der Waals surface area contributed by atoms with Crippen molar-refractivity contribution >= 4 is 11.9 Å². The molecule has 2 heterocycles. The van der Waals surface area contributed by atoms with Gasteiger partial charge in [0.05, 0.1) is 7.11 Å². The maximum Gasteiger partial charge on any atom is 0.322 e. The van der Waals surface area contributed by atoms with Crippen LogP contribution in [-0.2, 0) is 0 Å². The molecule has 1 atom stereocenters. The Balaban J connectivity index is 2.16. The molecule has 0 radical (unpaired) electrons. The Morgan fingerprint density at radius 1 is 1.28 bits per heavy atom. The van der Waals surface area contributed by atoms with E-state index in [9.17, 15) is 0 Å². The zero-order valence-electron chi connectivity index (χ0n) is 11.5. The number of aromatic nitrogens is 3. The van der Waals surface area contributed by atoms with Gasteiger partial charge in [-0.05, 0) is 17.8 Å². The minimum atomic E-state index is 0.205. The van der Waals surface area contributed by atoms with Crippen molar-refractivity contribution in [1.29, 1.82) is 0 Å². The van der Waals surface area contributed by atoms with Crippen molar-refractivity contribution in [3.8, 4) is 6.01 Å². The number of anilines is 2. The Labute approximate surface area is 108 Å². The van der Waals surface area contributed by atoms with Crippen LogP contribution >= 0.6 is 0 Å². The van der Waals surface area contributed by atoms with Crippen LogP contribution in [0.1, 0.15) is 27.2 Å². The van der Waals surface area contributed by atoms with E-state index < -0.39 is 0 Å². The summed E-state index contributed by atoms with van der Waals surface area (Å²) < 4.78 is 5.02. The molecule has 0 aliphatic carbocycles. The molecule has 1 aromatic rings. The summed E-state index contributed by atoms with van der Waals surface area (Å²) in [4.78, 5) is 14.5. The lowest BCUT2D eigenvalue weighted by atomic mass is 9.80. The third kappa shape index (κ3) is 2.63. The Morgan fingerprint density at radius 2 is 2.00 bits per heavy atom. The molecule has 1 aliphatic heterocycles. The monoisotopic (exact) mass is 251 g/mol. The summed E-state index contributed by atoms with van der Waals surface area (Å²) in [7, 11) is 1.53. The van der Waals surface area contributed by atoms with Crippen molar-refractivity contribution in [3.05, 3.63) is 0 Å². The van der Waals surface area contributed by atoms with E-state index in [0.717, 1.165) is 19.5 Å². The third-order valence-electron chi connectivity index (χ3n) is 3.50. The Kier molecular flexibility index (Phi) is 3.28. The fourth-order valence-corrected chi connectivity index (χ4v) is 2.24. The van der Waals surface area contributed by atoms with Gasteiger partial charge in [-0.25, -0.2) is 0 Å². The topological polar surface area (TPSA) is 77.2 Å². The SMILES string of the molecule is COc1nc(N)nc(N2CCC(C(C)(C)C)C2)n1. The van der Waals surface area contributed by atoms with Gasteiger partial charge < -0.3 is 15.4 Å². The van der Waals surface area contributed by atoms with E-state index in [0.29, 0.717) is 17.3 Å². The van der Waals surface area contributed by atoms with E-state index in [2.05, 4.69) is 40.6 Å². The molecule has 0 amide bonds. The average molecular weight is 251 g/mol. The molecule has 6 heteroatoms. The molecule has 0 bridgehead atoms. The van der Waals surface area contributed by atoms with E-state index in [1.54, 1.807) is 0 Å². The molecular formula is C12H21N5O. The summed E-state index contributed by atoms with van der Waals surface area (Å²) in [6, 6.07) is 0.275. The molecule has 6 nitrogen and oxygen atoms in total. The standard InChI is InChI=1S/C12H21N5O/c1-12(2,3)8-5-6-17(7-8)10-14-9(13)15-11(16-10)18-4/h8H,5-7H2,1-4H3,(H2,13,14,15,16).